The van der Waals surface area contributed by atoms with Gasteiger partial charge in [0.25, 0.3) is 0 Å². The lowest BCUT2D eigenvalue weighted by molar-refractivity contribution is -0.148. The Kier molecular flexibility index (Phi) is 3.15. The van der Waals surface area contributed by atoms with Gasteiger partial charge < -0.3 is 15.9 Å². The predicted octanol–water partition coefficient (Wildman–Crippen LogP) is -1.72. The molecule has 0 bridgehead atoms. The minimum Gasteiger partial charge on any atom is -0.478 e. The molecule has 0 saturated carbocycles. The van der Waals surface area contributed by atoms with Gasteiger partial charge >= 0.3 is 5.97 Å². The molecule has 0 aromatic carbocycles. The summed E-state index contributed by atoms with van der Waals surface area (Å²) in [6, 6.07) is 0. The summed E-state index contributed by atoms with van der Waals surface area (Å²) in [6.07, 6.45) is -2.08. The molecular formula is C4H10N2O3. The van der Waals surface area contributed by atoms with Gasteiger partial charge in [0.05, 0.1) is 6.17 Å². The van der Waals surface area contributed by atoms with Gasteiger partial charge in [0.1, 0.15) is 0 Å². The second-order valence-corrected chi connectivity index (χ2v) is 1.70. The molecular weight excluding hydrogens is 124 g/mol. The van der Waals surface area contributed by atoms with Crippen LogP contribution in [0.15, 0.2) is 0 Å². The van der Waals surface area contributed by atoms with Crippen molar-refractivity contribution in [2.45, 2.75) is 19.3 Å². The fraction of sp³-hybridized carbons (Fsp3) is 0.750. The topological polar surface area (TPSA) is 95.6 Å². The largest absolute Gasteiger partial charge is 0.478 e. The Morgan fingerprint density at radius 1 is 1.78 bits per heavy atom. The average molecular weight is 134 g/mol. The van der Waals surface area contributed by atoms with Crippen molar-refractivity contribution in [3.8, 4) is 0 Å². The molecule has 5 nitrogen and oxygen atoms in total. The lowest BCUT2D eigenvalue weighted by Gasteiger charge is -2.10. The van der Waals surface area contributed by atoms with Crippen LogP contribution in [0.5, 0.6) is 0 Å². The summed E-state index contributed by atoms with van der Waals surface area (Å²) in [5.74, 6) is -1.33. The number of aliphatic hydroxyl groups excluding tert-OH is 1. The average Bonchev–Trinajstić information content (AvgIpc) is 1.63. The molecule has 0 radical (unpaired) electrons. The number of aliphatic hydroxyl groups is 1. The molecule has 0 aromatic heterocycles. The van der Waals surface area contributed by atoms with E-state index in [0.717, 1.165) is 0 Å². The summed E-state index contributed by atoms with van der Waals surface area (Å²) in [5.41, 5.74) is 5.10. The van der Waals surface area contributed by atoms with Crippen LogP contribution in [0.4, 0.5) is 0 Å². The Hall–Kier alpha value is -0.650. The molecule has 0 aromatic rings. The van der Waals surface area contributed by atoms with Gasteiger partial charge in [-0.1, -0.05) is 0 Å². The van der Waals surface area contributed by atoms with E-state index in [9.17, 15) is 4.79 Å². The Bertz CT molecular complexity index is 104. The van der Waals surface area contributed by atoms with E-state index in [2.05, 4.69) is 5.32 Å². The second kappa shape index (κ2) is 3.39. The highest BCUT2D eigenvalue weighted by Crippen LogP contribution is 1.76. The number of hydrogen-bond acceptors (Lipinski definition) is 4. The highest BCUT2D eigenvalue weighted by atomic mass is 16.4. The van der Waals surface area contributed by atoms with Gasteiger partial charge in [0.2, 0.25) is 6.23 Å². The summed E-state index contributed by atoms with van der Waals surface area (Å²) in [7, 11) is 0. The van der Waals surface area contributed by atoms with Crippen LogP contribution < -0.4 is 11.1 Å². The number of nitrogens with two attached hydrogens (primary N) is 1. The number of carbonyl (C=O) groups is 1. The van der Waals surface area contributed by atoms with E-state index in [0.29, 0.717) is 0 Å². The first-order valence-electron chi connectivity index (χ1n) is 2.46. The molecule has 5 N–H and O–H groups in total. The number of nitrogens with one attached hydrogen (secondary N) is 1. The minimum atomic E-state index is -1.56. The third-order valence-corrected chi connectivity index (χ3v) is 0.655. The monoisotopic (exact) mass is 134 g/mol. The third-order valence-electron chi connectivity index (χ3n) is 0.655. The van der Waals surface area contributed by atoms with E-state index in [1.807, 2.05) is 0 Å². The lowest BCUT2D eigenvalue weighted by Crippen LogP contribution is -2.45. The van der Waals surface area contributed by atoms with Crippen LogP contribution in [0.1, 0.15) is 6.92 Å². The maximum Gasteiger partial charge on any atom is 0.347 e. The normalized spacial score (nSPS) is 16.8. The minimum absolute atomic E-state index is 0.518. The molecule has 0 aliphatic rings. The van der Waals surface area contributed by atoms with Crippen LogP contribution in [-0.4, -0.2) is 28.6 Å². The van der Waals surface area contributed by atoms with E-state index in [1.54, 1.807) is 0 Å². The van der Waals surface area contributed by atoms with Gasteiger partial charge in [-0.3, -0.25) is 5.32 Å². The molecule has 0 spiro atoms. The quantitative estimate of drug-likeness (QED) is 0.344. The maximum absolute atomic E-state index is 9.87. The van der Waals surface area contributed by atoms with Crippen LogP contribution >= 0.6 is 0 Å². The highest BCUT2D eigenvalue weighted by molar-refractivity contribution is 5.71. The van der Waals surface area contributed by atoms with Gasteiger partial charge in [-0.25, -0.2) is 4.79 Å². The SMILES string of the molecule is CC(N)NC(O)C(=O)O. The zero-order valence-corrected chi connectivity index (χ0v) is 5.03. The van der Waals surface area contributed by atoms with Gasteiger partial charge in [0, 0.05) is 0 Å². The molecule has 0 heterocycles. The van der Waals surface area contributed by atoms with E-state index in [4.69, 9.17) is 15.9 Å². The molecule has 0 aliphatic carbocycles. The van der Waals surface area contributed by atoms with Crippen LogP contribution in [0.25, 0.3) is 0 Å². The van der Waals surface area contributed by atoms with Crippen LogP contribution in [0.3, 0.4) is 0 Å². The third kappa shape index (κ3) is 3.89. The van der Waals surface area contributed by atoms with Crippen molar-refractivity contribution in [1.29, 1.82) is 0 Å². The maximum atomic E-state index is 9.87. The zero-order chi connectivity index (χ0) is 7.44. The zero-order valence-electron chi connectivity index (χ0n) is 5.03. The number of aliphatic carboxylic acids is 1. The second-order valence-electron chi connectivity index (χ2n) is 1.70. The molecule has 0 aliphatic heterocycles. The fourth-order valence-corrected chi connectivity index (χ4v) is 0.320. The van der Waals surface area contributed by atoms with Crippen molar-refractivity contribution in [3.05, 3.63) is 0 Å². The number of rotatable bonds is 3. The van der Waals surface area contributed by atoms with Gasteiger partial charge in [-0.15, -0.1) is 0 Å². The van der Waals surface area contributed by atoms with Crippen LogP contribution in [0, 0.1) is 0 Å². The molecule has 0 rings (SSSR count). The first-order valence-corrected chi connectivity index (χ1v) is 2.46. The standard InChI is InChI=1S/C4H10N2O3/c1-2(5)6-3(7)4(8)9/h2-3,6-7H,5H2,1H3,(H,8,9). The van der Waals surface area contributed by atoms with Crippen molar-refractivity contribution in [1.82, 2.24) is 5.32 Å². The molecule has 9 heavy (non-hydrogen) atoms. The first-order chi connectivity index (χ1) is 4.04. The predicted molar refractivity (Wildman–Crippen MR) is 30.4 cm³/mol. The summed E-state index contributed by atoms with van der Waals surface area (Å²) >= 11 is 0. The molecule has 5 heteroatoms. The van der Waals surface area contributed by atoms with Crippen molar-refractivity contribution < 1.29 is 15.0 Å². The van der Waals surface area contributed by atoms with Gasteiger partial charge in [-0.05, 0) is 6.92 Å². The molecule has 2 unspecified atom stereocenters. The molecule has 2 atom stereocenters. The molecule has 54 valence electrons. The fourth-order valence-electron chi connectivity index (χ4n) is 0.320. The number of carboxylic acids is 1. The molecule has 0 amide bonds. The van der Waals surface area contributed by atoms with E-state index in [-0.39, 0.29) is 0 Å². The van der Waals surface area contributed by atoms with Gasteiger partial charge in [0.15, 0.2) is 0 Å². The summed E-state index contributed by atoms with van der Waals surface area (Å²) in [6.45, 7) is 1.53. The van der Waals surface area contributed by atoms with E-state index in [1.165, 1.54) is 6.92 Å². The van der Waals surface area contributed by atoms with Crippen molar-refractivity contribution in [3.63, 3.8) is 0 Å². The molecule has 0 fully saturated rings. The smallest absolute Gasteiger partial charge is 0.347 e. The Morgan fingerprint density at radius 2 is 2.22 bits per heavy atom. The van der Waals surface area contributed by atoms with Gasteiger partial charge in [-0.2, -0.15) is 0 Å². The number of carboxylic acid groups (broad SMARTS) is 1. The number of hydrogen-bond donors (Lipinski definition) is 4. The van der Waals surface area contributed by atoms with Crippen molar-refractivity contribution in [2.75, 3.05) is 0 Å². The highest BCUT2D eigenvalue weighted by Gasteiger charge is 2.12. The summed E-state index contributed by atoms with van der Waals surface area (Å²) in [5, 5.41) is 18.7. The van der Waals surface area contributed by atoms with E-state index < -0.39 is 18.4 Å². The van der Waals surface area contributed by atoms with Crippen molar-refractivity contribution >= 4 is 5.97 Å². The summed E-state index contributed by atoms with van der Waals surface area (Å²) in [4.78, 5) is 9.87. The Morgan fingerprint density at radius 3 is 2.33 bits per heavy atom. The van der Waals surface area contributed by atoms with Crippen LogP contribution in [-0.2, 0) is 4.79 Å². The lowest BCUT2D eigenvalue weighted by atomic mass is 10.5. The molecule has 0 saturated heterocycles. The Balaban J connectivity index is 3.50. The van der Waals surface area contributed by atoms with Crippen LogP contribution in [0.2, 0.25) is 0 Å². The van der Waals surface area contributed by atoms with Crippen molar-refractivity contribution in [2.24, 2.45) is 5.73 Å². The first kappa shape index (κ1) is 8.35. The summed E-state index contributed by atoms with van der Waals surface area (Å²) < 4.78 is 0. The van der Waals surface area contributed by atoms with E-state index >= 15 is 0 Å². The Labute approximate surface area is 52.5 Å².